The number of ether oxygens (including phenoxy) is 2. The molecule has 1 amide bonds. The lowest BCUT2D eigenvalue weighted by Gasteiger charge is -2.19. The SMILES string of the molecule is CCN(CC)CCOc1ccccc1NC(=O)c1cccc(OCc2cscn2)c1. The Labute approximate surface area is 181 Å². The van der Waals surface area contributed by atoms with Gasteiger partial charge in [-0.2, -0.15) is 0 Å². The predicted octanol–water partition coefficient (Wildman–Crippen LogP) is 4.70. The van der Waals surface area contributed by atoms with Crippen LogP contribution in [0.25, 0.3) is 0 Å². The van der Waals surface area contributed by atoms with Crippen molar-refractivity contribution in [2.24, 2.45) is 0 Å². The molecule has 2 aromatic carbocycles. The monoisotopic (exact) mass is 425 g/mol. The van der Waals surface area contributed by atoms with E-state index in [4.69, 9.17) is 9.47 Å². The normalized spacial score (nSPS) is 10.8. The van der Waals surface area contributed by atoms with Gasteiger partial charge in [0.2, 0.25) is 0 Å². The molecule has 7 heteroatoms. The fraction of sp³-hybridized carbons (Fsp3) is 0.304. The molecule has 30 heavy (non-hydrogen) atoms. The highest BCUT2D eigenvalue weighted by Crippen LogP contribution is 2.25. The molecule has 0 aliphatic heterocycles. The number of likely N-dealkylation sites (N-methyl/N-ethyl adjacent to an activating group) is 1. The molecule has 0 bridgehead atoms. The molecule has 158 valence electrons. The van der Waals surface area contributed by atoms with E-state index in [0.717, 1.165) is 25.3 Å². The maximum absolute atomic E-state index is 12.8. The van der Waals surface area contributed by atoms with E-state index in [1.54, 1.807) is 23.7 Å². The van der Waals surface area contributed by atoms with Crippen LogP contribution < -0.4 is 14.8 Å². The van der Waals surface area contributed by atoms with Crippen LogP contribution in [0.2, 0.25) is 0 Å². The van der Waals surface area contributed by atoms with Gasteiger partial charge in [0.15, 0.2) is 0 Å². The molecule has 6 nitrogen and oxygen atoms in total. The molecule has 0 aliphatic carbocycles. The second-order valence-electron chi connectivity index (χ2n) is 6.62. The molecule has 0 spiro atoms. The van der Waals surface area contributed by atoms with Crippen LogP contribution in [0.3, 0.4) is 0 Å². The average Bonchev–Trinajstić information content (AvgIpc) is 3.30. The zero-order chi connectivity index (χ0) is 21.2. The summed E-state index contributed by atoms with van der Waals surface area (Å²) in [4.78, 5) is 19.3. The minimum absolute atomic E-state index is 0.214. The lowest BCUT2D eigenvalue weighted by atomic mass is 10.2. The molecule has 0 saturated carbocycles. The van der Waals surface area contributed by atoms with Crippen LogP contribution in [-0.2, 0) is 6.61 Å². The molecule has 3 aromatic rings. The number of aromatic nitrogens is 1. The number of rotatable bonds is 11. The molecule has 0 unspecified atom stereocenters. The number of nitrogens with zero attached hydrogens (tertiary/aromatic N) is 2. The zero-order valence-electron chi connectivity index (χ0n) is 17.3. The molecule has 0 radical (unpaired) electrons. The van der Waals surface area contributed by atoms with Gasteiger partial charge in [0.25, 0.3) is 5.91 Å². The van der Waals surface area contributed by atoms with Crippen molar-refractivity contribution in [3.8, 4) is 11.5 Å². The van der Waals surface area contributed by atoms with E-state index in [1.807, 2.05) is 35.7 Å². The summed E-state index contributed by atoms with van der Waals surface area (Å²) in [7, 11) is 0. The number of carbonyl (C=O) groups is 1. The number of nitrogens with one attached hydrogen (secondary N) is 1. The summed E-state index contributed by atoms with van der Waals surface area (Å²) in [5.41, 5.74) is 3.80. The second kappa shape index (κ2) is 11.3. The van der Waals surface area contributed by atoms with Crippen molar-refractivity contribution < 1.29 is 14.3 Å². The van der Waals surface area contributed by atoms with Gasteiger partial charge >= 0.3 is 0 Å². The highest BCUT2D eigenvalue weighted by molar-refractivity contribution is 7.07. The summed E-state index contributed by atoms with van der Waals surface area (Å²) in [6, 6.07) is 14.6. The van der Waals surface area contributed by atoms with Gasteiger partial charge in [-0.15, -0.1) is 11.3 Å². The first kappa shape index (κ1) is 21.8. The number of benzene rings is 2. The Bertz CT molecular complexity index is 927. The molecule has 0 fully saturated rings. The van der Waals surface area contributed by atoms with Gasteiger partial charge < -0.3 is 19.7 Å². The lowest BCUT2D eigenvalue weighted by Crippen LogP contribution is -2.28. The third-order valence-electron chi connectivity index (χ3n) is 4.66. The quantitative estimate of drug-likeness (QED) is 0.483. The lowest BCUT2D eigenvalue weighted by molar-refractivity contribution is 0.102. The van der Waals surface area contributed by atoms with Gasteiger partial charge in [0.1, 0.15) is 24.7 Å². The molecule has 0 aliphatic rings. The molecule has 0 saturated heterocycles. The summed E-state index contributed by atoms with van der Waals surface area (Å²) in [6.45, 7) is 8.01. The van der Waals surface area contributed by atoms with Crippen LogP contribution in [0, 0.1) is 0 Å². The van der Waals surface area contributed by atoms with Crippen molar-refractivity contribution in [3.63, 3.8) is 0 Å². The van der Waals surface area contributed by atoms with E-state index < -0.39 is 0 Å². The molecule has 1 aromatic heterocycles. The van der Waals surface area contributed by atoms with Crippen LogP contribution in [0.1, 0.15) is 29.9 Å². The molecule has 3 rings (SSSR count). The highest BCUT2D eigenvalue weighted by atomic mass is 32.1. The average molecular weight is 426 g/mol. The smallest absolute Gasteiger partial charge is 0.255 e. The minimum Gasteiger partial charge on any atom is -0.490 e. The maximum Gasteiger partial charge on any atom is 0.255 e. The minimum atomic E-state index is -0.214. The number of hydrogen-bond donors (Lipinski definition) is 1. The number of thiazole rings is 1. The third kappa shape index (κ3) is 6.30. The van der Waals surface area contributed by atoms with Crippen molar-refractivity contribution in [1.82, 2.24) is 9.88 Å². The summed E-state index contributed by atoms with van der Waals surface area (Å²) in [6.07, 6.45) is 0. The Hall–Kier alpha value is -2.90. The van der Waals surface area contributed by atoms with Crippen molar-refractivity contribution in [3.05, 3.63) is 70.7 Å². The topological polar surface area (TPSA) is 63.7 Å². The van der Waals surface area contributed by atoms with Crippen molar-refractivity contribution >= 4 is 22.9 Å². The summed E-state index contributed by atoms with van der Waals surface area (Å²) < 4.78 is 11.7. The van der Waals surface area contributed by atoms with Gasteiger partial charge in [-0.25, -0.2) is 4.98 Å². The van der Waals surface area contributed by atoms with Crippen LogP contribution in [-0.4, -0.2) is 42.0 Å². The Morgan fingerprint density at radius 2 is 1.93 bits per heavy atom. The van der Waals surface area contributed by atoms with E-state index >= 15 is 0 Å². The molecule has 1 heterocycles. The summed E-state index contributed by atoms with van der Waals surface area (Å²) in [5.74, 6) is 1.07. The number of carbonyl (C=O) groups excluding carboxylic acids is 1. The van der Waals surface area contributed by atoms with Crippen LogP contribution in [0.4, 0.5) is 5.69 Å². The fourth-order valence-electron chi connectivity index (χ4n) is 2.91. The largest absolute Gasteiger partial charge is 0.490 e. The Kier molecular flexibility index (Phi) is 8.23. The van der Waals surface area contributed by atoms with Gasteiger partial charge in [-0.1, -0.05) is 32.0 Å². The Morgan fingerprint density at radius 1 is 1.10 bits per heavy atom. The number of para-hydroxylation sites is 2. The fourth-order valence-corrected chi connectivity index (χ4v) is 3.45. The highest BCUT2D eigenvalue weighted by Gasteiger charge is 2.11. The zero-order valence-corrected chi connectivity index (χ0v) is 18.2. The van der Waals surface area contributed by atoms with E-state index in [0.29, 0.717) is 36.0 Å². The van der Waals surface area contributed by atoms with E-state index in [9.17, 15) is 4.79 Å². The van der Waals surface area contributed by atoms with Gasteiger partial charge in [-0.05, 0) is 43.4 Å². The Balaban J connectivity index is 1.61. The van der Waals surface area contributed by atoms with E-state index in [2.05, 4.69) is 29.0 Å². The van der Waals surface area contributed by atoms with Crippen molar-refractivity contribution in [2.45, 2.75) is 20.5 Å². The van der Waals surface area contributed by atoms with E-state index in [-0.39, 0.29) is 5.91 Å². The third-order valence-corrected chi connectivity index (χ3v) is 5.30. The molecule has 1 N–H and O–H groups in total. The first-order valence-electron chi connectivity index (χ1n) is 10.0. The van der Waals surface area contributed by atoms with Crippen molar-refractivity contribution in [2.75, 3.05) is 31.6 Å². The molecular formula is C23H27N3O3S. The van der Waals surface area contributed by atoms with Gasteiger partial charge in [0, 0.05) is 17.5 Å². The number of hydrogen-bond acceptors (Lipinski definition) is 6. The number of anilines is 1. The van der Waals surface area contributed by atoms with Crippen LogP contribution in [0.5, 0.6) is 11.5 Å². The predicted molar refractivity (Wildman–Crippen MR) is 121 cm³/mol. The maximum atomic E-state index is 12.8. The van der Waals surface area contributed by atoms with Crippen LogP contribution >= 0.6 is 11.3 Å². The van der Waals surface area contributed by atoms with Gasteiger partial charge in [0.05, 0.1) is 16.9 Å². The second-order valence-corrected chi connectivity index (χ2v) is 7.34. The standard InChI is InChI=1S/C23H27N3O3S/c1-3-26(4-2)12-13-28-22-11-6-5-10-21(22)25-23(27)18-8-7-9-20(14-18)29-15-19-16-30-17-24-19/h5-11,14,16-17H,3-4,12-13,15H2,1-2H3,(H,25,27). The molecule has 0 atom stereocenters. The van der Waals surface area contributed by atoms with E-state index in [1.165, 1.54) is 11.3 Å². The number of amides is 1. The summed E-state index contributed by atoms with van der Waals surface area (Å²) in [5, 5.41) is 4.88. The Morgan fingerprint density at radius 3 is 2.70 bits per heavy atom. The first-order chi connectivity index (χ1) is 14.7. The molecular weight excluding hydrogens is 398 g/mol. The van der Waals surface area contributed by atoms with Gasteiger partial charge in [-0.3, -0.25) is 4.79 Å². The van der Waals surface area contributed by atoms with Crippen molar-refractivity contribution in [1.29, 1.82) is 0 Å². The van der Waals surface area contributed by atoms with Crippen LogP contribution in [0.15, 0.2) is 59.4 Å². The summed E-state index contributed by atoms with van der Waals surface area (Å²) >= 11 is 1.53. The first-order valence-corrected chi connectivity index (χ1v) is 11.0.